The second-order valence-electron chi connectivity index (χ2n) is 2.99. The number of allylic oxidation sites excluding steroid dienone is 3. The summed E-state index contributed by atoms with van der Waals surface area (Å²) in [7, 11) is 0. The minimum absolute atomic E-state index is 0.0582. The van der Waals surface area contributed by atoms with Crippen LogP contribution in [0.3, 0.4) is 0 Å². The van der Waals surface area contributed by atoms with Crippen LogP contribution in [-0.2, 0) is 4.74 Å². The van der Waals surface area contributed by atoms with E-state index < -0.39 is 5.83 Å². The van der Waals surface area contributed by atoms with E-state index in [0.717, 1.165) is 0 Å². The van der Waals surface area contributed by atoms with Crippen LogP contribution < -0.4 is 5.73 Å². The van der Waals surface area contributed by atoms with Crippen LogP contribution in [0.5, 0.6) is 0 Å². The van der Waals surface area contributed by atoms with E-state index in [1.165, 1.54) is 30.8 Å². The first-order valence-corrected chi connectivity index (χ1v) is 5.50. The Balaban J connectivity index is 2.48. The molecular formula is C11H13FN2OS. The first kappa shape index (κ1) is 12.6. The molecule has 1 aliphatic heterocycles. The van der Waals surface area contributed by atoms with Crippen molar-refractivity contribution in [2.45, 2.75) is 6.92 Å². The molecule has 1 aliphatic rings. The lowest BCUT2D eigenvalue weighted by atomic mass is 10.3. The summed E-state index contributed by atoms with van der Waals surface area (Å²) >= 11 is 1.37. The van der Waals surface area contributed by atoms with Gasteiger partial charge >= 0.3 is 0 Å². The van der Waals surface area contributed by atoms with E-state index in [9.17, 15) is 4.39 Å². The fourth-order valence-corrected chi connectivity index (χ4v) is 1.42. The summed E-state index contributed by atoms with van der Waals surface area (Å²) in [5.41, 5.74) is 5.43. The molecule has 0 bridgehead atoms. The Morgan fingerprint density at radius 2 is 2.44 bits per heavy atom. The fraction of sp³-hybridized carbons (Fsp3) is 0.182. The van der Waals surface area contributed by atoms with E-state index in [0.29, 0.717) is 17.5 Å². The summed E-state index contributed by atoms with van der Waals surface area (Å²) in [4.78, 5) is 4.09. The maximum atomic E-state index is 12.6. The summed E-state index contributed by atoms with van der Waals surface area (Å²) in [6.07, 6.45) is 4.82. The predicted octanol–water partition coefficient (Wildman–Crippen LogP) is 2.85. The second-order valence-corrected chi connectivity index (χ2v) is 3.84. The number of ether oxygens (including phenoxy) is 1. The topological polar surface area (TPSA) is 47.6 Å². The number of hydrogen-bond donors (Lipinski definition) is 1. The van der Waals surface area contributed by atoms with Crippen molar-refractivity contribution in [3.8, 4) is 0 Å². The van der Waals surface area contributed by atoms with Crippen LogP contribution >= 0.6 is 11.8 Å². The fourth-order valence-electron chi connectivity index (χ4n) is 0.814. The highest BCUT2D eigenvalue weighted by Crippen LogP contribution is 2.15. The highest BCUT2D eigenvalue weighted by molar-refractivity contribution is 8.16. The number of nitrogens with zero attached hydrogens (tertiary/aromatic N) is 1. The molecule has 0 aromatic rings. The van der Waals surface area contributed by atoms with Crippen molar-refractivity contribution in [3.63, 3.8) is 0 Å². The second kappa shape index (κ2) is 6.17. The largest absolute Gasteiger partial charge is 0.434 e. The molecule has 0 aliphatic carbocycles. The van der Waals surface area contributed by atoms with Crippen molar-refractivity contribution in [1.29, 1.82) is 0 Å². The lowest BCUT2D eigenvalue weighted by molar-refractivity contribution is 0.448. The van der Waals surface area contributed by atoms with Gasteiger partial charge in [-0.05, 0) is 36.2 Å². The molecule has 0 amide bonds. The van der Waals surface area contributed by atoms with E-state index in [-0.39, 0.29) is 5.70 Å². The summed E-state index contributed by atoms with van der Waals surface area (Å²) < 4.78 is 17.9. The number of nitrogens with two attached hydrogens (primary N) is 1. The summed E-state index contributed by atoms with van der Waals surface area (Å²) in [6, 6.07) is 0. The van der Waals surface area contributed by atoms with E-state index in [1.54, 1.807) is 0 Å². The first-order chi connectivity index (χ1) is 7.59. The Hall–Kier alpha value is -1.49. The molecule has 0 radical (unpaired) electrons. The highest BCUT2D eigenvalue weighted by Gasteiger charge is 2.03. The van der Waals surface area contributed by atoms with E-state index in [1.807, 2.05) is 11.5 Å². The molecule has 0 aromatic carbocycles. The average Bonchev–Trinajstić information content (AvgIpc) is 2.27. The molecule has 0 unspecified atom stereocenters. The van der Waals surface area contributed by atoms with Crippen LogP contribution in [0.2, 0.25) is 0 Å². The molecule has 0 atom stereocenters. The Bertz CT molecular complexity index is 393. The first-order valence-electron chi connectivity index (χ1n) is 4.62. The summed E-state index contributed by atoms with van der Waals surface area (Å²) in [6.45, 7) is 5.54. The van der Waals surface area contributed by atoms with Crippen molar-refractivity contribution >= 4 is 17.0 Å². The number of halogens is 1. The molecule has 1 rings (SSSR count). The molecule has 1 heterocycles. The molecule has 16 heavy (non-hydrogen) atoms. The van der Waals surface area contributed by atoms with Crippen LogP contribution in [0.4, 0.5) is 4.39 Å². The third-order valence-corrected chi connectivity index (χ3v) is 2.40. The van der Waals surface area contributed by atoms with Gasteiger partial charge in [0.25, 0.3) is 5.23 Å². The smallest absolute Gasteiger partial charge is 0.255 e. The Morgan fingerprint density at radius 1 is 1.69 bits per heavy atom. The van der Waals surface area contributed by atoms with Crippen molar-refractivity contribution in [3.05, 3.63) is 47.5 Å². The van der Waals surface area contributed by atoms with E-state index in [4.69, 9.17) is 10.5 Å². The molecular weight excluding hydrogens is 227 g/mol. The molecule has 86 valence electrons. The lowest BCUT2D eigenvalue weighted by Gasteiger charge is -2.07. The molecule has 0 spiro atoms. The highest BCUT2D eigenvalue weighted by atomic mass is 32.2. The number of rotatable bonds is 3. The van der Waals surface area contributed by atoms with Gasteiger partial charge in [0, 0.05) is 0 Å². The van der Waals surface area contributed by atoms with Gasteiger partial charge in [0.2, 0.25) is 0 Å². The van der Waals surface area contributed by atoms with Crippen LogP contribution in [0.1, 0.15) is 6.92 Å². The Labute approximate surface area is 98.3 Å². The zero-order chi connectivity index (χ0) is 12.0. The quantitative estimate of drug-likeness (QED) is 0.609. The maximum Gasteiger partial charge on any atom is 0.255 e. The molecule has 0 saturated heterocycles. The minimum Gasteiger partial charge on any atom is -0.434 e. The summed E-state index contributed by atoms with van der Waals surface area (Å²) in [5, 5.41) is 2.41. The number of aliphatic imine (C=N–C) groups is 1. The molecule has 3 nitrogen and oxygen atoms in total. The van der Waals surface area contributed by atoms with Gasteiger partial charge < -0.3 is 10.5 Å². The molecule has 0 aromatic heterocycles. The van der Waals surface area contributed by atoms with Crippen molar-refractivity contribution in [2.75, 3.05) is 6.54 Å². The van der Waals surface area contributed by atoms with Crippen LogP contribution in [0.25, 0.3) is 0 Å². The normalized spacial score (nSPS) is 17.0. The van der Waals surface area contributed by atoms with Crippen molar-refractivity contribution in [2.24, 2.45) is 10.7 Å². The van der Waals surface area contributed by atoms with Gasteiger partial charge in [-0.2, -0.15) is 0 Å². The maximum absolute atomic E-state index is 12.6. The van der Waals surface area contributed by atoms with Gasteiger partial charge in [-0.1, -0.05) is 12.7 Å². The van der Waals surface area contributed by atoms with Crippen molar-refractivity contribution < 1.29 is 9.13 Å². The average molecular weight is 240 g/mol. The zero-order valence-electron chi connectivity index (χ0n) is 8.94. The standard InChI is InChI=1S/C11H13FN2OS/c1-8(4-5-10(13)9(2)12)15-11-14-6-3-7-16-11/h3-5,7H,1,6,13H2,2H3/b5-4-,10-9-. The third-order valence-electron chi connectivity index (χ3n) is 1.66. The van der Waals surface area contributed by atoms with Crippen LogP contribution in [0.15, 0.2) is 52.5 Å². The van der Waals surface area contributed by atoms with Gasteiger partial charge in [-0.25, -0.2) is 9.38 Å². The third kappa shape index (κ3) is 4.35. The zero-order valence-corrected chi connectivity index (χ0v) is 9.76. The summed E-state index contributed by atoms with van der Waals surface area (Å²) in [5.74, 6) is -0.0675. The van der Waals surface area contributed by atoms with E-state index in [2.05, 4.69) is 11.6 Å². The van der Waals surface area contributed by atoms with Gasteiger partial charge in [0.05, 0.1) is 12.2 Å². The predicted molar refractivity (Wildman–Crippen MR) is 66.4 cm³/mol. The molecule has 0 saturated carbocycles. The number of thioether (sulfide) groups is 1. The van der Waals surface area contributed by atoms with Crippen LogP contribution in [0, 0.1) is 0 Å². The SMILES string of the molecule is C=C(/C=C\C(N)=C(/C)F)OC1=NCC=CS1. The van der Waals surface area contributed by atoms with Gasteiger partial charge in [-0.15, -0.1) is 0 Å². The number of hydrogen-bond acceptors (Lipinski definition) is 4. The molecule has 2 N–H and O–H groups in total. The van der Waals surface area contributed by atoms with Gasteiger partial charge in [0.1, 0.15) is 11.6 Å². The Morgan fingerprint density at radius 3 is 3.00 bits per heavy atom. The van der Waals surface area contributed by atoms with Crippen molar-refractivity contribution in [1.82, 2.24) is 0 Å². The minimum atomic E-state index is -0.434. The van der Waals surface area contributed by atoms with E-state index >= 15 is 0 Å². The monoisotopic (exact) mass is 240 g/mol. The van der Waals surface area contributed by atoms with Crippen LogP contribution in [-0.4, -0.2) is 11.8 Å². The van der Waals surface area contributed by atoms with Gasteiger partial charge in [0.15, 0.2) is 0 Å². The lowest BCUT2D eigenvalue weighted by Crippen LogP contribution is -2.01. The molecule has 5 heteroatoms. The molecule has 0 fully saturated rings. The van der Waals surface area contributed by atoms with Gasteiger partial charge in [-0.3, -0.25) is 0 Å². The Kier molecular flexibility index (Phi) is 4.85.